The average Bonchev–Trinajstić information content (AvgIpc) is 3.18. The molecule has 1 aliphatic heterocycles. The molecule has 0 aliphatic carbocycles. The first-order valence-corrected chi connectivity index (χ1v) is 8.60. The molecule has 1 amide bonds. The summed E-state index contributed by atoms with van der Waals surface area (Å²) >= 11 is 1.68. The maximum atomic E-state index is 12.5. The number of aromatic nitrogens is 1. The molecular formula is C17H21N3O2S. The molecular weight excluding hydrogens is 310 g/mol. The first-order chi connectivity index (χ1) is 11.1. The van der Waals surface area contributed by atoms with Gasteiger partial charge in [-0.15, -0.1) is 0 Å². The second-order valence-electron chi connectivity index (χ2n) is 5.97. The van der Waals surface area contributed by atoms with Gasteiger partial charge in [0.1, 0.15) is 11.9 Å². The topological polar surface area (TPSA) is 45.7 Å². The number of likely N-dealkylation sites (N-methyl/N-ethyl adjacent to an activating group) is 1. The van der Waals surface area contributed by atoms with Gasteiger partial charge in [0.2, 0.25) is 5.91 Å². The van der Waals surface area contributed by atoms with Gasteiger partial charge in [-0.3, -0.25) is 14.7 Å². The van der Waals surface area contributed by atoms with Gasteiger partial charge in [0.25, 0.3) is 0 Å². The molecule has 23 heavy (non-hydrogen) atoms. The third-order valence-corrected chi connectivity index (χ3v) is 4.74. The summed E-state index contributed by atoms with van der Waals surface area (Å²) < 4.78 is 6.04. The van der Waals surface area contributed by atoms with Crippen molar-refractivity contribution in [1.82, 2.24) is 14.8 Å². The van der Waals surface area contributed by atoms with E-state index in [1.807, 2.05) is 26.2 Å². The lowest BCUT2D eigenvalue weighted by Crippen LogP contribution is -2.42. The summed E-state index contributed by atoms with van der Waals surface area (Å²) in [7, 11) is 3.62. The fourth-order valence-corrected chi connectivity index (χ4v) is 3.56. The number of carbonyl (C=O) groups excluding carboxylic acids is 1. The standard InChI is InChI=1S/C17H21N3O2S/c1-19(2)17(21)16-9-15(22-14-3-6-18-7-4-14)11-20(16)10-13-5-8-23-12-13/h3-8,12,15-16H,9-11H2,1-2H3/t15-,16+/m1/s1. The molecule has 2 aromatic rings. The van der Waals surface area contributed by atoms with Crippen LogP contribution in [0.2, 0.25) is 0 Å². The number of hydrogen-bond donors (Lipinski definition) is 0. The summed E-state index contributed by atoms with van der Waals surface area (Å²) in [6, 6.07) is 5.69. The number of ether oxygens (including phenoxy) is 1. The van der Waals surface area contributed by atoms with Crippen molar-refractivity contribution in [3.8, 4) is 5.75 Å². The van der Waals surface area contributed by atoms with Crippen LogP contribution < -0.4 is 4.74 Å². The number of hydrogen-bond acceptors (Lipinski definition) is 5. The van der Waals surface area contributed by atoms with Gasteiger partial charge < -0.3 is 9.64 Å². The number of carbonyl (C=O) groups is 1. The number of rotatable bonds is 5. The number of likely N-dealkylation sites (tertiary alicyclic amines) is 1. The minimum atomic E-state index is -0.128. The zero-order valence-corrected chi connectivity index (χ0v) is 14.2. The van der Waals surface area contributed by atoms with Crippen molar-refractivity contribution in [3.05, 3.63) is 46.9 Å². The van der Waals surface area contributed by atoms with E-state index in [1.54, 1.807) is 28.6 Å². The van der Waals surface area contributed by atoms with Crippen LogP contribution in [0.5, 0.6) is 5.75 Å². The third kappa shape index (κ3) is 3.89. The van der Waals surface area contributed by atoms with Crippen LogP contribution in [0.25, 0.3) is 0 Å². The second kappa shape index (κ2) is 7.10. The molecule has 3 rings (SSSR count). The van der Waals surface area contributed by atoms with Gasteiger partial charge in [-0.1, -0.05) is 0 Å². The Morgan fingerprint density at radius 3 is 2.83 bits per heavy atom. The summed E-state index contributed by atoms with van der Waals surface area (Å²) in [5, 5.41) is 4.20. The zero-order valence-electron chi connectivity index (χ0n) is 13.4. The summed E-state index contributed by atoms with van der Waals surface area (Å²) in [4.78, 5) is 20.4. The van der Waals surface area contributed by atoms with E-state index in [4.69, 9.17) is 4.74 Å². The third-order valence-electron chi connectivity index (χ3n) is 4.01. The SMILES string of the molecule is CN(C)C(=O)[C@@H]1C[C@@H](Oc2ccncc2)CN1Cc1ccsc1. The van der Waals surface area contributed by atoms with E-state index in [0.29, 0.717) is 6.42 Å². The highest BCUT2D eigenvalue weighted by Gasteiger charge is 2.38. The molecule has 0 saturated carbocycles. The largest absolute Gasteiger partial charge is 0.489 e. The highest BCUT2D eigenvalue weighted by Crippen LogP contribution is 2.26. The van der Waals surface area contributed by atoms with E-state index < -0.39 is 0 Å². The Labute approximate surface area is 140 Å². The Bertz CT molecular complexity index is 631. The number of nitrogens with zero attached hydrogens (tertiary/aromatic N) is 3. The lowest BCUT2D eigenvalue weighted by Gasteiger charge is -2.25. The van der Waals surface area contributed by atoms with Gasteiger partial charge in [0.05, 0.1) is 6.04 Å². The molecule has 0 aromatic carbocycles. The molecule has 5 nitrogen and oxygen atoms in total. The van der Waals surface area contributed by atoms with Gasteiger partial charge in [-0.25, -0.2) is 0 Å². The van der Waals surface area contributed by atoms with Gasteiger partial charge in [0.15, 0.2) is 0 Å². The van der Waals surface area contributed by atoms with Crippen molar-refractivity contribution in [2.45, 2.75) is 25.1 Å². The Morgan fingerprint density at radius 2 is 2.17 bits per heavy atom. The molecule has 3 heterocycles. The Kier molecular flexibility index (Phi) is 4.93. The fourth-order valence-electron chi connectivity index (χ4n) is 2.90. The zero-order chi connectivity index (χ0) is 16.2. The van der Waals surface area contributed by atoms with Gasteiger partial charge >= 0.3 is 0 Å². The first kappa shape index (κ1) is 16.0. The highest BCUT2D eigenvalue weighted by molar-refractivity contribution is 7.07. The maximum Gasteiger partial charge on any atom is 0.239 e. The van der Waals surface area contributed by atoms with Crippen molar-refractivity contribution in [3.63, 3.8) is 0 Å². The van der Waals surface area contributed by atoms with Crippen LogP contribution in [0.1, 0.15) is 12.0 Å². The van der Waals surface area contributed by atoms with Crippen LogP contribution in [0.15, 0.2) is 41.4 Å². The van der Waals surface area contributed by atoms with Gasteiger partial charge in [0, 0.05) is 46.0 Å². The quantitative estimate of drug-likeness (QED) is 0.843. The predicted molar refractivity (Wildman–Crippen MR) is 90.5 cm³/mol. The van der Waals surface area contributed by atoms with E-state index in [9.17, 15) is 4.79 Å². The Hall–Kier alpha value is -1.92. The first-order valence-electron chi connectivity index (χ1n) is 7.66. The van der Waals surface area contributed by atoms with Crippen LogP contribution in [0.4, 0.5) is 0 Å². The van der Waals surface area contributed by atoms with Crippen LogP contribution in [-0.2, 0) is 11.3 Å². The molecule has 6 heteroatoms. The molecule has 0 unspecified atom stereocenters. The second-order valence-corrected chi connectivity index (χ2v) is 6.75. The molecule has 122 valence electrons. The Balaban J connectivity index is 1.71. The minimum absolute atomic E-state index is 0.0185. The minimum Gasteiger partial charge on any atom is -0.489 e. The monoisotopic (exact) mass is 331 g/mol. The number of thiophene rings is 1. The lowest BCUT2D eigenvalue weighted by atomic mass is 10.1. The molecule has 1 saturated heterocycles. The molecule has 0 radical (unpaired) electrons. The smallest absolute Gasteiger partial charge is 0.239 e. The van der Waals surface area contributed by atoms with Crippen molar-refractivity contribution in [1.29, 1.82) is 0 Å². The van der Waals surface area contributed by atoms with Crippen molar-refractivity contribution >= 4 is 17.2 Å². The summed E-state index contributed by atoms with van der Waals surface area (Å²) in [5.74, 6) is 0.944. The highest BCUT2D eigenvalue weighted by atomic mass is 32.1. The molecule has 2 aromatic heterocycles. The fraction of sp³-hybridized carbons (Fsp3) is 0.412. The van der Waals surface area contributed by atoms with E-state index in [2.05, 4.69) is 26.7 Å². The van der Waals surface area contributed by atoms with Gasteiger partial charge in [-0.05, 0) is 34.5 Å². The van der Waals surface area contributed by atoms with Crippen LogP contribution >= 0.6 is 11.3 Å². The lowest BCUT2D eigenvalue weighted by molar-refractivity contribution is -0.133. The van der Waals surface area contributed by atoms with Gasteiger partial charge in [-0.2, -0.15) is 11.3 Å². The van der Waals surface area contributed by atoms with Crippen molar-refractivity contribution < 1.29 is 9.53 Å². The molecule has 2 atom stereocenters. The van der Waals surface area contributed by atoms with E-state index in [1.165, 1.54) is 5.56 Å². The van der Waals surface area contributed by atoms with Crippen LogP contribution in [0, 0.1) is 0 Å². The molecule has 0 N–H and O–H groups in total. The van der Waals surface area contributed by atoms with E-state index in [-0.39, 0.29) is 18.1 Å². The molecule has 1 aliphatic rings. The summed E-state index contributed by atoms with van der Waals surface area (Å²) in [5.41, 5.74) is 1.25. The van der Waals surface area contributed by atoms with Crippen molar-refractivity contribution in [2.24, 2.45) is 0 Å². The van der Waals surface area contributed by atoms with E-state index >= 15 is 0 Å². The molecule has 0 spiro atoms. The van der Waals surface area contributed by atoms with Crippen LogP contribution in [-0.4, -0.2) is 53.5 Å². The van der Waals surface area contributed by atoms with Crippen molar-refractivity contribution in [2.75, 3.05) is 20.6 Å². The normalized spacial score (nSPS) is 21.3. The molecule has 0 bridgehead atoms. The van der Waals surface area contributed by atoms with Crippen LogP contribution in [0.3, 0.4) is 0 Å². The summed E-state index contributed by atoms with van der Waals surface area (Å²) in [6.45, 7) is 1.53. The predicted octanol–water partition coefficient (Wildman–Crippen LogP) is 2.25. The maximum absolute atomic E-state index is 12.5. The molecule has 1 fully saturated rings. The number of amides is 1. The van der Waals surface area contributed by atoms with E-state index in [0.717, 1.165) is 18.8 Å². The average molecular weight is 331 g/mol. The summed E-state index contributed by atoms with van der Waals surface area (Å²) in [6.07, 6.45) is 4.17. The number of pyridine rings is 1. The Morgan fingerprint density at radius 1 is 1.39 bits per heavy atom.